The average Bonchev–Trinajstić information content (AvgIpc) is 2.76. The van der Waals surface area contributed by atoms with E-state index in [1.54, 1.807) is 16.9 Å². The van der Waals surface area contributed by atoms with Crippen molar-refractivity contribution in [2.75, 3.05) is 0 Å². The third-order valence-corrected chi connectivity index (χ3v) is 2.31. The lowest BCUT2D eigenvalue weighted by Crippen LogP contribution is -2.07. The van der Waals surface area contributed by atoms with E-state index in [0.717, 1.165) is 6.07 Å². The Balaban J connectivity index is 2.29. The molecule has 0 bridgehead atoms. The van der Waals surface area contributed by atoms with Gasteiger partial charge in [0, 0.05) is 24.5 Å². The molecule has 2 aromatic rings. The summed E-state index contributed by atoms with van der Waals surface area (Å²) >= 11 is 0. The number of pyridine rings is 1. The van der Waals surface area contributed by atoms with Crippen LogP contribution in [0.4, 0.5) is 13.2 Å². The van der Waals surface area contributed by atoms with E-state index >= 15 is 0 Å². The molecule has 0 aliphatic heterocycles. The molecule has 0 saturated carbocycles. The predicted molar refractivity (Wildman–Crippen MR) is 56.1 cm³/mol. The van der Waals surface area contributed by atoms with E-state index in [0.29, 0.717) is 17.8 Å². The molecule has 0 aliphatic rings. The van der Waals surface area contributed by atoms with Gasteiger partial charge in [0.1, 0.15) is 5.69 Å². The Kier molecular flexibility index (Phi) is 2.87. The van der Waals surface area contributed by atoms with Gasteiger partial charge in [-0.3, -0.25) is 9.67 Å². The van der Waals surface area contributed by atoms with Crippen LogP contribution >= 0.6 is 0 Å². The summed E-state index contributed by atoms with van der Waals surface area (Å²) in [7, 11) is 0. The highest BCUT2D eigenvalue weighted by Gasteiger charge is 2.32. The third-order valence-electron chi connectivity index (χ3n) is 2.31. The minimum Gasteiger partial charge on any atom is -0.272 e. The summed E-state index contributed by atoms with van der Waals surface area (Å²) in [5.41, 5.74) is 0.300. The van der Waals surface area contributed by atoms with Gasteiger partial charge in [0.05, 0.1) is 5.69 Å². The molecule has 2 rings (SSSR count). The fraction of sp³-hybridized carbons (Fsp3) is 0.273. The van der Waals surface area contributed by atoms with Crippen LogP contribution in [0.3, 0.4) is 0 Å². The lowest BCUT2D eigenvalue weighted by Gasteiger charge is -2.05. The Hall–Kier alpha value is -1.85. The van der Waals surface area contributed by atoms with Crippen molar-refractivity contribution in [1.82, 2.24) is 14.8 Å². The molecule has 17 heavy (non-hydrogen) atoms. The van der Waals surface area contributed by atoms with Gasteiger partial charge in [0.25, 0.3) is 0 Å². The summed E-state index contributed by atoms with van der Waals surface area (Å²) in [6.45, 7) is 2.65. The summed E-state index contributed by atoms with van der Waals surface area (Å²) in [4.78, 5) is 3.39. The molecule has 6 heteroatoms. The highest BCUT2D eigenvalue weighted by Crippen LogP contribution is 2.28. The fourth-order valence-electron chi connectivity index (χ4n) is 1.40. The van der Waals surface area contributed by atoms with E-state index in [2.05, 4.69) is 10.1 Å². The second-order valence-corrected chi connectivity index (χ2v) is 3.49. The standard InChI is InChI=1S/C11H10F3N3/c1-2-17-6-5-9(16-17)8-3-4-10(15-7-8)11(12,13)14/h3-7H,2H2,1H3. The van der Waals surface area contributed by atoms with Crippen molar-refractivity contribution in [1.29, 1.82) is 0 Å². The van der Waals surface area contributed by atoms with Gasteiger partial charge in [-0.15, -0.1) is 0 Å². The predicted octanol–water partition coefficient (Wildman–Crippen LogP) is 2.98. The molecule has 0 N–H and O–H groups in total. The second-order valence-electron chi connectivity index (χ2n) is 3.49. The van der Waals surface area contributed by atoms with Crippen LogP contribution in [0.1, 0.15) is 12.6 Å². The fourth-order valence-corrected chi connectivity index (χ4v) is 1.40. The average molecular weight is 241 g/mol. The van der Waals surface area contributed by atoms with E-state index in [1.807, 2.05) is 6.92 Å². The minimum atomic E-state index is -4.40. The first kappa shape index (κ1) is 11.6. The number of hydrogen-bond acceptors (Lipinski definition) is 2. The maximum Gasteiger partial charge on any atom is 0.433 e. The Morgan fingerprint density at radius 3 is 2.47 bits per heavy atom. The molecule has 3 nitrogen and oxygen atoms in total. The molecule has 0 spiro atoms. The first-order valence-electron chi connectivity index (χ1n) is 5.08. The zero-order valence-corrected chi connectivity index (χ0v) is 9.07. The number of alkyl halides is 3. The van der Waals surface area contributed by atoms with Crippen molar-refractivity contribution >= 4 is 0 Å². The zero-order chi connectivity index (χ0) is 12.5. The van der Waals surface area contributed by atoms with Crippen LogP contribution in [0.5, 0.6) is 0 Å². The molecule has 0 aliphatic carbocycles. The maximum absolute atomic E-state index is 12.3. The van der Waals surface area contributed by atoms with Crippen molar-refractivity contribution in [3.05, 3.63) is 36.3 Å². The number of aryl methyl sites for hydroxylation is 1. The SMILES string of the molecule is CCn1ccc(-c2ccc(C(F)(F)F)nc2)n1. The highest BCUT2D eigenvalue weighted by molar-refractivity contribution is 5.57. The van der Waals surface area contributed by atoms with Crippen molar-refractivity contribution in [3.8, 4) is 11.3 Å². The van der Waals surface area contributed by atoms with Crippen LogP contribution < -0.4 is 0 Å². The van der Waals surface area contributed by atoms with E-state index in [9.17, 15) is 13.2 Å². The number of rotatable bonds is 2. The lowest BCUT2D eigenvalue weighted by molar-refractivity contribution is -0.141. The smallest absolute Gasteiger partial charge is 0.272 e. The monoisotopic (exact) mass is 241 g/mol. The van der Waals surface area contributed by atoms with Gasteiger partial charge in [0.2, 0.25) is 0 Å². The van der Waals surface area contributed by atoms with Gasteiger partial charge < -0.3 is 0 Å². The van der Waals surface area contributed by atoms with Crippen LogP contribution in [-0.2, 0) is 12.7 Å². The highest BCUT2D eigenvalue weighted by atomic mass is 19.4. The van der Waals surface area contributed by atoms with Crippen molar-refractivity contribution in [3.63, 3.8) is 0 Å². The molecule has 90 valence electrons. The maximum atomic E-state index is 12.3. The lowest BCUT2D eigenvalue weighted by atomic mass is 10.2. The molecule has 0 saturated heterocycles. The quantitative estimate of drug-likeness (QED) is 0.809. The molecular formula is C11H10F3N3. The zero-order valence-electron chi connectivity index (χ0n) is 9.07. The van der Waals surface area contributed by atoms with Gasteiger partial charge >= 0.3 is 6.18 Å². The number of nitrogens with zero attached hydrogens (tertiary/aromatic N) is 3. The summed E-state index contributed by atoms with van der Waals surface area (Å²) in [5, 5.41) is 4.19. The van der Waals surface area contributed by atoms with Crippen LogP contribution in [0.25, 0.3) is 11.3 Å². The van der Waals surface area contributed by atoms with Crippen molar-refractivity contribution < 1.29 is 13.2 Å². The molecule has 0 radical (unpaired) electrons. The summed E-state index contributed by atoms with van der Waals surface area (Å²) in [6.07, 6.45) is -1.44. The van der Waals surface area contributed by atoms with Gasteiger partial charge in [-0.05, 0) is 25.1 Å². The van der Waals surface area contributed by atoms with Crippen LogP contribution in [0, 0.1) is 0 Å². The largest absolute Gasteiger partial charge is 0.433 e. The summed E-state index contributed by atoms with van der Waals surface area (Å²) in [5.74, 6) is 0. The van der Waals surface area contributed by atoms with Gasteiger partial charge in [-0.1, -0.05) is 0 Å². The van der Waals surface area contributed by atoms with Gasteiger partial charge in [-0.25, -0.2) is 0 Å². The number of hydrogen-bond donors (Lipinski definition) is 0. The first-order chi connectivity index (χ1) is 8.00. The second kappa shape index (κ2) is 4.20. The van der Waals surface area contributed by atoms with E-state index in [-0.39, 0.29) is 0 Å². The van der Waals surface area contributed by atoms with Crippen molar-refractivity contribution in [2.45, 2.75) is 19.6 Å². The Labute approximate surface area is 95.9 Å². The molecule has 2 aromatic heterocycles. The van der Waals surface area contributed by atoms with Crippen LogP contribution in [0.15, 0.2) is 30.6 Å². The molecule has 0 unspecified atom stereocenters. The van der Waals surface area contributed by atoms with Crippen LogP contribution in [-0.4, -0.2) is 14.8 Å². The molecule has 0 aromatic carbocycles. The molecule has 0 atom stereocenters. The molecule has 0 amide bonds. The third kappa shape index (κ3) is 2.46. The number of halogens is 3. The molecule has 0 fully saturated rings. The Morgan fingerprint density at radius 2 is 2.00 bits per heavy atom. The van der Waals surface area contributed by atoms with Crippen molar-refractivity contribution in [2.24, 2.45) is 0 Å². The Bertz CT molecular complexity index is 499. The van der Waals surface area contributed by atoms with Gasteiger partial charge in [0.15, 0.2) is 0 Å². The van der Waals surface area contributed by atoms with Crippen LogP contribution in [0.2, 0.25) is 0 Å². The number of aromatic nitrogens is 3. The molecule has 2 heterocycles. The minimum absolute atomic E-state index is 0.574. The topological polar surface area (TPSA) is 30.7 Å². The van der Waals surface area contributed by atoms with E-state index < -0.39 is 11.9 Å². The first-order valence-corrected chi connectivity index (χ1v) is 5.08. The van der Waals surface area contributed by atoms with E-state index in [1.165, 1.54) is 12.3 Å². The van der Waals surface area contributed by atoms with E-state index in [4.69, 9.17) is 0 Å². The summed E-state index contributed by atoms with van der Waals surface area (Å²) < 4.78 is 38.6. The Morgan fingerprint density at radius 1 is 1.24 bits per heavy atom. The normalized spacial score (nSPS) is 11.8. The van der Waals surface area contributed by atoms with Gasteiger partial charge in [-0.2, -0.15) is 18.3 Å². The summed E-state index contributed by atoms with van der Waals surface area (Å²) in [6, 6.07) is 4.08. The molecular weight excluding hydrogens is 231 g/mol.